The van der Waals surface area contributed by atoms with Crippen LogP contribution in [-0.4, -0.2) is 18.0 Å². The van der Waals surface area contributed by atoms with Crippen molar-refractivity contribution < 1.29 is 4.92 Å². The van der Waals surface area contributed by atoms with Gasteiger partial charge >= 0.3 is 0 Å². The molecule has 0 N–H and O–H groups in total. The van der Waals surface area contributed by atoms with Crippen LogP contribution in [0.15, 0.2) is 18.2 Å². The summed E-state index contributed by atoms with van der Waals surface area (Å²) in [6, 6.07) is 4.97. The molecule has 1 aliphatic heterocycles. The molecule has 0 radical (unpaired) electrons. The van der Waals surface area contributed by atoms with Gasteiger partial charge in [0.25, 0.3) is 5.69 Å². The van der Waals surface area contributed by atoms with Crippen molar-refractivity contribution in [2.75, 3.05) is 18.0 Å². The Labute approximate surface area is 92.6 Å². The van der Waals surface area contributed by atoms with Gasteiger partial charge in [0, 0.05) is 24.8 Å². The molecule has 0 aromatic heterocycles. The first kappa shape index (κ1) is 10.2. The van der Waals surface area contributed by atoms with Crippen molar-refractivity contribution in [2.24, 2.45) is 0 Å². The molecule has 0 bridgehead atoms. The Morgan fingerprint density at radius 2 is 2.00 bits per heavy atom. The second-order valence-electron chi connectivity index (χ2n) is 3.59. The predicted molar refractivity (Wildman–Crippen MR) is 59.6 cm³/mol. The van der Waals surface area contributed by atoms with E-state index in [0.717, 1.165) is 31.6 Å². The molecule has 1 aromatic rings. The van der Waals surface area contributed by atoms with Gasteiger partial charge in [0.15, 0.2) is 0 Å². The summed E-state index contributed by atoms with van der Waals surface area (Å²) in [6.45, 7) is 1.94. The standard InChI is InChI=1S/C10H11ClN2O2/c11-9-4-3-8(7-10(9)13(14)15)12-5-1-2-6-12/h3-4,7H,1-2,5-6H2. The highest BCUT2D eigenvalue weighted by Crippen LogP contribution is 2.30. The van der Waals surface area contributed by atoms with Crippen molar-refractivity contribution in [3.05, 3.63) is 33.3 Å². The molecular weight excluding hydrogens is 216 g/mol. The van der Waals surface area contributed by atoms with Gasteiger partial charge in [0.2, 0.25) is 0 Å². The molecule has 0 amide bonds. The van der Waals surface area contributed by atoms with Gasteiger partial charge < -0.3 is 4.90 Å². The van der Waals surface area contributed by atoms with E-state index in [1.165, 1.54) is 0 Å². The minimum absolute atomic E-state index is 0.0129. The SMILES string of the molecule is O=[N+]([O-])c1cc(N2CCCC2)ccc1Cl. The van der Waals surface area contributed by atoms with Crippen molar-refractivity contribution in [3.63, 3.8) is 0 Å². The Morgan fingerprint density at radius 1 is 1.33 bits per heavy atom. The summed E-state index contributed by atoms with van der Waals surface area (Å²) < 4.78 is 0. The van der Waals surface area contributed by atoms with Crippen LogP contribution in [0.1, 0.15) is 12.8 Å². The zero-order valence-corrected chi connectivity index (χ0v) is 8.91. The molecular formula is C10H11ClN2O2. The molecule has 2 rings (SSSR count). The quantitative estimate of drug-likeness (QED) is 0.576. The molecule has 4 nitrogen and oxygen atoms in total. The number of nitro benzene ring substituents is 1. The Morgan fingerprint density at radius 3 is 2.60 bits per heavy atom. The third kappa shape index (κ3) is 2.04. The minimum Gasteiger partial charge on any atom is -0.371 e. The Kier molecular flexibility index (Phi) is 2.77. The second kappa shape index (κ2) is 4.06. The van der Waals surface area contributed by atoms with Crippen LogP contribution in [0.2, 0.25) is 5.02 Å². The largest absolute Gasteiger partial charge is 0.371 e. The molecule has 1 heterocycles. The van der Waals surface area contributed by atoms with Gasteiger partial charge in [-0.1, -0.05) is 11.6 Å². The molecule has 15 heavy (non-hydrogen) atoms. The van der Waals surface area contributed by atoms with Crippen molar-refractivity contribution >= 4 is 23.0 Å². The Hall–Kier alpha value is -1.29. The summed E-state index contributed by atoms with van der Waals surface area (Å²) in [5.41, 5.74) is 0.879. The fourth-order valence-corrected chi connectivity index (χ4v) is 2.00. The number of halogens is 1. The second-order valence-corrected chi connectivity index (χ2v) is 3.99. The summed E-state index contributed by atoms with van der Waals surface area (Å²) in [5, 5.41) is 10.9. The van der Waals surface area contributed by atoms with Gasteiger partial charge in [-0.3, -0.25) is 10.1 Å². The van der Waals surface area contributed by atoms with Crippen LogP contribution < -0.4 is 4.90 Å². The Bertz CT molecular complexity index is 389. The first-order valence-corrected chi connectivity index (χ1v) is 5.25. The summed E-state index contributed by atoms with van der Waals surface area (Å²) in [7, 11) is 0. The predicted octanol–water partition coefficient (Wildman–Crippen LogP) is 2.85. The number of hydrogen-bond donors (Lipinski definition) is 0. The number of hydrogen-bond acceptors (Lipinski definition) is 3. The monoisotopic (exact) mass is 226 g/mol. The number of nitro groups is 1. The lowest BCUT2D eigenvalue weighted by atomic mass is 10.2. The highest BCUT2D eigenvalue weighted by molar-refractivity contribution is 6.32. The first-order chi connectivity index (χ1) is 7.18. The van der Waals surface area contributed by atoms with Crippen LogP contribution in [-0.2, 0) is 0 Å². The first-order valence-electron chi connectivity index (χ1n) is 4.87. The lowest BCUT2D eigenvalue weighted by molar-refractivity contribution is -0.384. The molecule has 0 atom stereocenters. The summed E-state index contributed by atoms with van der Waals surface area (Å²) >= 11 is 5.74. The van der Waals surface area contributed by atoms with Crippen LogP contribution in [0.25, 0.3) is 0 Å². The zero-order chi connectivity index (χ0) is 10.8. The fourth-order valence-electron chi connectivity index (χ4n) is 1.81. The van der Waals surface area contributed by atoms with Crippen LogP contribution in [0.4, 0.5) is 11.4 Å². The molecule has 0 saturated carbocycles. The lowest BCUT2D eigenvalue weighted by Crippen LogP contribution is -2.17. The number of rotatable bonds is 2. The molecule has 80 valence electrons. The molecule has 0 unspecified atom stereocenters. The van der Waals surface area contributed by atoms with Gasteiger partial charge in [-0.05, 0) is 25.0 Å². The minimum atomic E-state index is -0.443. The van der Waals surface area contributed by atoms with E-state index < -0.39 is 4.92 Å². The molecule has 1 aromatic carbocycles. The lowest BCUT2D eigenvalue weighted by Gasteiger charge is -2.17. The maximum Gasteiger partial charge on any atom is 0.289 e. The fraction of sp³-hybridized carbons (Fsp3) is 0.400. The van der Waals surface area contributed by atoms with E-state index in [9.17, 15) is 10.1 Å². The molecule has 1 saturated heterocycles. The van der Waals surface area contributed by atoms with E-state index in [-0.39, 0.29) is 10.7 Å². The van der Waals surface area contributed by atoms with E-state index in [1.807, 2.05) is 6.07 Å². The molecule has 1 fully saturated rings. The van der Waals surface area contributed by atoms with Gasteiger partial charge in [0.05, 0.1) is 4.92 Å². The van der Waals surface area contributed by atoms with E-state index >= 15 is 0 Å². The summed E-state index contributed by atoms with van der Waals surface area (Å²) in [5.74, 6) is 0. The van der Waals surface area contributed by atoms with Crippen LogP contribution in [0.3, 0.4) is 0 Å². The van der Waals surface area contributed by atoms with E-state index in [4.69, 9.17) is 11.6 Å². The Balaban J connectivity index is 2.33. The normalized spacial score (nSPS) is 15.7. The van der Waals surface area contributed by atoms with E-state index in [2.05, 4.69) is 4.90 Å². The van der Waals surface area contributed by atoms with Crippen LogP contribution in [0, 0.1) is 10.1 Å². The molecule has 5 heteroatoms. The van der Waals surface area contributed by atoms with E-state index in [1.54, 1.807) is 12.1 Å². The average molecular weight is 227 g/mol. The average Bonchev–Trinajstić information content (AvgIpc) is 2.71. The number of benzene rings is 1. The van der Waals surface area contributed by atoms with Crippen molar-refractivity contribution in [3.8, 4) is 0 Å². The van der Waals surface area contributed by atoms with Gasteiger partial charge in [-0.15, -0.1) is 0 Å². The van der Waals surface area contributed by atoms with Crippen molar-refractivity contribution in [2.45, 2.75) is 12.8 Å². The van der Waals surface area contributed by atoms with E-state index in [0.29, 0.717) is 0 Å². The topological polar surface area (TPSA) is 46.4 Å². The molecule has 0 spiro atoms. The molecule has 1 aliphatic rings. The van der Waals surface area contributed by atoms with Crippen molar-refractivity contribution in [1.82, 2.24) is 0 Å². The number of nitrogens with zero attached hydrogens (tertiary/aromatic N) is 2. The third-order valence-corrected chi connectivity index (χ3v) is 2.92. The zero-order valence-electron chi connectivity index (χ0n) is 8.15. The number of anilines is 1. The maximum absolute atomic E-state index is 10.7. The van der Waals surface area contributed by atoms with Crippen LogP contribution >= 0.6 is 11.6 Å². The third-order valence-electron chi connectivity index (χ3n) is 2.60. The van der Waals surface area contributed by atoms with Gasteiger partial charge in [-0.2, -0.15) is 0 Å². The highest BCUT2D eigenvalue weighted by Gasteiger charge is 2.17. The van der Waals surface area contributed by atoms with Crippen LogP contribution in [0.5, 0.6) is 0 Å². The molecule has 0 aliphatic carbocycles. The summed E-state index contributed by atoms with van der Waals surface area (Å²) in [4.78, 5) is 12.4. The smallest absolute Gasteiger partial charge is 0.289 e. The maximum atomic E-state index is 10.7. The van der Waals surface area contributed by atoms with Gasteiger partial charge in [-0.25, -0.2) is 0 Å². The van der Waals surface area contributed by atoms with Gasteiger partial charge in [0.1, 0.15) is 5.02 Å². The highest BCUT2D eigenvalue weighted by atomic mass is 35.5. The summed E-state index contributed by atoms with van der Waals surface area (Å²) in [6.07, 6.45) is 2.30. The van der Waals surface area contributed by atoms with Crippen molar-refractivity contribution in [1.29, 1.82) is 0 Å².